The molecule has 8 heteroatoms. The number of hydrogen-bond acceptors (Lipinski definition) is 5. The van der Waals surface area contributed by atoms with Gasteiger partial charge in [0.25, 0.3) is 5.88 Å². The first-order valence-corrected chi connectivity index (χ1v) is 9.97. The molecule has 4 rings (SSSR count). The summed E-state index contributed by atoms with van der Waals surface area (Å²) in [4.78, 5) is 15.3. The van der Waals surface area contributed by atoms with E-state index in [0.717, 1.165) is 16.7 Å². The zero-order valence-electron chi connectivity index (χ0n) is 17.3. The Hall–Kier alpha value is -4.30. The first-order valence-electron chi connectivity index (χ1n) is 9.97. The van der Waals surface area contributed by atoms with Gasteiger partial charge in [-0.05, 0) is 47.0 Å². The summed E-state index contributed by atoms with van der Waals surface area (Å²) in [5, 5.41) is 11.9. The summed E-state index contributed by atoms with van der Waals surface area (Å²) in [6, 6.07) is 21.1. The maximum Gasteiger partial charge on any atom is 0.337 e. The highest BCUT2D eigenvalue weighted by Gasteiger charge is 2.17. The first-order chi connectivity index (χ1) is 15.9. The SMILES string of the molecule is NCc1cccc(-c2cccc(Oc3nc(Nc4ccccc4C(=O)O)c(F)cc3F)c2)c1. The van der Waals surface area contributed by atoms with Crippen LogP contribution in [0.3, 0.4) is 0 Å². The summed E-state index contributed by atoms with van der Waals surface area (Å²) in [5.74, 6) is -3.73. The second-order valence-electron chi connectivity index (χ2n) is 7.12. The number of nitrogens with zero attached hydrogens (tertiary/aromatic N) is 1. The van der Waals surface area contributed by atoms with Crippen molar-refractivity contribution in [3.8, 4) is 22.8 Å². The minimum absolute atomic E-state index is 0.0853. The lowest BCUT2D eigenvalue weighted by Gasteiger charge is -2.13. The lowest BCUT2D eigenvalue weighted by molar-refractivity contribution is 0.0698. The molecule has 166 valence electrons. The summed E-state index contributed by atoms with van der Waals surface area (Å²) in [5.41, 5.74) is 8.42. The maximum absolute atomic E-state index is 14.4. The molecular formula is C25H19F2N3O3. The fraction of sp³-hybridized carbons (Fsp3) is 0.0400. The average molecular weight is 447 g/mol. The van der Waals surface area contributed by atoms with Gasteiger partial charge < -0.3 is 20.9 Å². The van der Waals surface area contributed by atoms with Gasteiger partial charge in [0.1, 0.15) is 5.75 Å². The van der Waals surface area contributed by atoms with E-state index in [1.165, 1.54) is 18.2 Å². The van der Waals surface area contributed by atoms with Crippen molar-refractivity contribution in [2.45, 2.75) is 6.54 Å². The van der Waals surface area contributed by atoms with Gasteiger partial charge >= 0.3 is 5.97 Å². The second-order valence-corrected chi connectivity index (χ2v) is 7.12. The molecule has 0 amide bonds. The van der Waals surface area contributed by atoms with Crippen LogP contribution in [0.2, 0.25) is 0 Å². The van der Waals surface area contributed by atoms with Crippen molar-refractivity contribution in [1.29, 1.82) is 0 Å². The van der Waals surface area contributed by atoms with E-state index in [0.29, 0.717) is 18.4 Å². The zero-order valence-corrected chi connectivity index (χ0v) is 17.3. The fourth-order valence-corrected chi connectivity index (χ4v) is 3.24. The van der Waals surface area contributed by atoms with E-state index in [-0.39, 0.29) is 17.1 Å². The largest absolute Gasteiger partial charge is 0.478 e. The average Bonchev–Trinajstić information content (AvgIpc) is 2.82. The number of nitrogens with one attached hydrogen (secondary N) is 1. The number of carboxylic acid groups (broad SMARTS) is 1. The summed E-state index contributed by atoms with van der Waals surface area (Å²) in [6.45, 7) is 0.398. The number of carboxylic acids is 1. The van der Waals surface area contributed by atoms with E-state index in [4.69, 9.17) is 10.5 Å². The van der Waals surface area contributed by atoms with E-state index < -0.39 is 23.5 Å². The molecule has 0 aliphatic carbocycles. The van der Waals surface area contributed by atoms with Crippen LogP contribution in [-0.4, -0.2) is 16.1 Å². The van der Waals surface area contributed by atoms with Crippen molar-refractivity contribution in [2.75, 3.05) is 5.32 Å². The van der Waals surface area contributed by atoms with E-state index >= 15 is 0 Å². The third kappa shape index (κ3) is 4.97. The normalized spacial score (nSPS) is 10.6. The summed E-state index contributed by atoms with van der Waals surface area (Å²) in [6.07, 6.45) is 0. The molecule has 0 atom stereocenters. The molecule has 0 saturated carbocycles. The topological polar surface area (TPSA) is 97.5 Å². The predicted octanol–water partition coefficient (Wildman–Crippen LogP) is 5.72. The van der Waals surface area contributed by atoms with Gasteiger partial charge in [0, 0.05) is 12.6 Å². The Labute approximate surface area is 188 Å². The van der Waals surface area contributed by atoms with Gasteiger partial charge in [-0.25, -0.2) is 13.6 Å². The molecule has 0 aliphatic heterocycles. The molecule has 3 aromatic carbocycles. The minimum atomic E-state index is -1.20. The number of pyridine rings is 1. The number of nitrogens with two attached hydrogens (primary N) is 1. The number of halogens is 2. The summed E-state index contributed by atoms with van der Waals surface area (Å²) < 4.78 is 34.4. The molecule has 0 aliphatic rings. The van der Waals surface area contributed by atoms with E-state index in [2.05, 4.69) is 10.3 Å². The highest BCUT2D eigenvalue weighted by atomic mass is 19.1. The number of aromatic carboxylic acids is 1. The van der Waals surface area contributed by atoms with Crippen LogP contribution in [0.5, 0.6) is 11.6 Å². The standard InChI is InChI=1S/C25H19F2N3O3/c26-20-13-21(27)24(30-23(20)29-22-10-2-1-9-19(22)25(31)32)33-18-8-4-7-17(12-18)16-6-3-5-15(11-16)14-28/h1-13H,14,28H2,(H,29,30)(H,31,32). The molecule has 0 unspecified atom stereocenters. The molecule has 1 aromatic heterocycles. The number of rotatable bonds is 7. The van der Waals surface area contributed by atoms with Gasteiger partial charge in [0.05, 0.1) is 11.3 Å². The van der Waals surface area contributed by atoms with Gasteiger partial charge in [-0.2, -0.15) is 4.98 Å². The van der Waals surface area contributed by atoms with Crippen LogP contribution in [0.15, 0.2) is 78.9 Å². The highest BCUT2D eigenvalue weighted by molar-refractivity contribution is 5.95. The van der Waals surface area contributed by atoms with Crippen LogP contribution in [0.1, 0.15) is 15.9 Å². The third-order valence-corrected chi connectivity index (χ3v) is 4.85. The van der Waals surface area contributed by atoms with Gasteiger partial charge in [-0.1, -0.05) is 42.5 Å². The monoisotopic (exact) mass is 447 g/mol. The Balaban J connectivity index is 1.64. The molecule has 1 heterocycles. The predicted molar refractivity (Wildman–Crippen MR) is 121 cm³/mol. The molecule has 0 bridgehead atoms. The van der Waals surface area contributed by atoms with Crippen LogP contribution in [-0.2, 0) is 6.54 Å². The Kier molecular flexibility index (Phi) is 6.28. The van der Waals surface area contributed by atoms with E-state index in [1.54, 1.807) is 24.3 Å². The first kappa shape index (κ1) is 21.9. The van der Waals surface area contributed by atoms with E-state index in [1.807, 2.05) is 30.3 Å². The van der Waals surface area contributed by atoms with Gasteiger partial charge in [-0.15, -0.1) is 0 Å². The lowest BCUT2D eigenvalue weighted by atomic mass is 10.0. The molecule has 33 heavy (non-hydrogen) atoms. The summed E-state index contributed by atoms with van der Waals surface area (Å²) >= 11 is 0. The Bertz CT molecular complexity index is 1330. The second kappa shape index (κ2) is 9.46. The fourth-order valence-electron chi connectivity index (χ4n) is 3.24. The molecule has 0 fully saturated rings. The Morgan fingerprint density at radius 1 is 0.939 bits per heavy atom. The van der Waals surface area contributed by atoms with Crippen molar-refractivity contribution < 1.29 is 23.4 Å². The van der Waals surface area contributed by atoms with Crippen LogP contribution >= 0.6 is 0 Å². The highest BCUT2D eigenvalue weighted by Crippen LogP contribution is 2.31. The number of hydrogen-bond donors (Lipinski definition) is 3. The number of carbonyl (C=O) groups is 1. The number of benzene rings is 3. The molecule has 0 saturated heterocycles. The lowest BCUT2D eigenvalue weighted by Crippen LogP contribution is -2.06. The number of para-hydroxylation sites is 1. The Morgan fingerprint density at radius 3 is 2.42 bits per heavy atom. The molecule has 4 N–H and O–H groups in total. The Morgan fingerprint density at radius 2 is 1.67 bits per heavy atom. The van der Waals surface area contributed by atoms with Gasteiger partial charge in [0.2, 0.25) is 0 Å². The third-order valence-electron chi connectivity index (χ3n) is 4.85. The molecule has 0 spiro atoms. The number of anilines is 2. The van der Waals surface area contributed by atoms with Crippen LogP contribution in [0.25, 0.3) is 11.1 Å². The zero-order chi connectivity index (χ0) is 23.4. The van der Waals surface area contributed by atoms with Crippen molar-refractivity contribution >= 4 is 17.5 Å². The quantitative estimate of drug-likeness (QED) is 0.335. The van der Waals surface area contributed by atoms with Crippen LogP contribution in [0, 0.1) is 11.6 Å². The van der Waals surface area contributed by atoms with Crippen LogP contribution < -0.4 is 15.8 Å². The number of aromatic nitrogens is 1. The van der Waals surface area contributed by atoms with Crippen molar-refractivity contribution in [2.24, 2.45) is 5.73 Å². The minimum Gasteiger partial charge on any atom is -0.478 e. The smallest absolute Gasteiger partial charge is 0.337 e. The number of ether oxygens (including phenoxy) is 1. The molecule has 4 aromatic rings. The summed E-state index contributed by atoms with van der Waals surface area (Å²) in [7, 11) is 0. The maximum atomic E-state index is 14.4. The van der Waals surface area contributed by atoms with Crippen molar-refractivity contribution in [3.63, 3.8) is 0 Å². The molecule has 6 nitrogen and oxygen atoms in total. The van der Waals surface area contributed by atoms with Crippen molar-refractivity contribution in [3.05, 3.63) is 102 Å². The van der Waals surface area contributed by atoms with Gasteiger partial charge in [-0.3, -0.25) is 0 Å². The molecular weight excluding hydrogens is 428 g/mol. The van der Waals surface area contributed by atoms with E-state index in [9.17, 15) is 18.7 Å². The van der Waals surface area contributed by atoms with Crippen LogP contribution in [0.4, 0.5) is 20.3 Å². The van der Waals surface area contributed by atoms with Crippen molar-refractivity contribution in [1.82, 2.24) is 4.98 Å². The molecule has 0 radical (unpaired) electrons. The van der Waals surface area contributed by atoms with Gasteiger partial charge in [0.15, 0.2) is 17.5 Å².